The van der Waals surface area contributed by atoms with Crippen molar-refractivity contribution in [3.8, 4) is 11.5 Å². The summed E-state index contributed by atoms with van der Waals surface area (Å²) in [7, 11) is -4.26. The second kappa shape index (κ2) is 17.2. The Kier molecular flexibility index (Phi) is 12.5. The fourth-order valence-electron chi connectivity index (χ4n) is 5.50. The second-order valence-electron chi connectivity index (χ2n) is 12.4. The number of carbonyl (C=O) groups is 2. The lowest BCUT2D eigenvalue weighted by Crippen LogP contribution is -2.54. The highest BCUT2D eigenvalue weighted by Gasteiger charge is 2.35. The van der Waals surface area contributed by atoms with Gasteiger partial charge in [-0.25, -0.2) is 8.42 Å². The Bertz CT molecular complexity index is 2010. The smallest absolute Gasteiger partial charge is 0.264 e. The molecule has 5 rings (SSSR count). The minimum absolute atomic E-state index is 0.0209. The van der Waals surface area contributed by atoms with Crippen molar-refractivity contribution in [1.82, 2.24) is 10.2 Å². The number of sulfonamides is 1. The van der Waals surface area contributed by atoms with Crippen molar-refractivity contribution in [2.75, 3.05) is 10.8 Å². The third-order valence-electron chi connectivity index (χ3n) is 8.51. The van der Waals surface area contributed by atoms with E-state index in [9.17, 15) is 18.0 Å². The average Bonchev–Trinajstić information content (AvgIpc) is 3.13. The summed E-state index contributed by atoms with van der Waals surface area (Å²) >= 11 is 6.35. The number of halogens is 1. The maximum absolute atomic E-state index is 14.7. The van der Waals surface area contributed by atoms with E-state index < -0.39 is 28.5 Å². The Morgan fingerprint density at radius 3 is 2.02 bits per heavy atom. The van der Waals surface area contributed by atoms with Gasteiger partial charge < -0.3 is 15.0 Å². The van der Waals surface area contributed by atoms with Gasteiger partial charge in [0.2, 0.25) is 11.8 Å². The summed E-state index contributed by atoms with van der Waals surface area (Å²) in [5.74, 6) is 0.229. The molecule has 0 aliphatic rings. The number of hydrogen-bond donors (Lipinski definition) is 1. The maximum atomic E-state index is 14.7. The predicted molar refractivity (Wildman–Crippen MR) is 203 cm³/mol. The van der Waals surface area contributed by atoms with Crippen LogP contribution in [0.2, 0.25) is 5.02 Å². The average molecular weight is 724 g/mol. The number of rotatable bonds is 15. The van der Waals surface area contributed by atoms with Crippen molar-refractivity contribution >= 4 is 39.1 Å². The van der Waals surface area contributed by atoms with Crippen LogP contribution in [0.4, 0.5) is 5.69 Å². The molecule has 0 radical (unpaired) electrons. The molecule has 51 heavy (non-hydrogen) atoms. The van der Waals surface area contributed by atoms with Crippen molar-refractivity contribution < 1.29 is 22.7 Å². The van der Waals surface area contributed by atoms with Gasteiger partial charge >= 0.3 is 0 Å². The van der Waals surface area contributed by atoms with E-state index in [1.54, 1.807) is 54.6 Å². The first-order valence-electron chi connectivity index (χ1n) is 16.8. The van der Waals surface area contributed by atoms with Crippen LogP contribution < -0.4 is 14.4 Å². The zero-order valence-corrected chi connectivity index (χ0v) is 30.5. The summed E-state index contributed by atoms with van der Waals surface area (Å²) in [6.07, 6.45) is 0.907. The molecule has 0 aromatic heterocycles. The van der Waals surface area contributed by atoms with Crippen molar-refractivity contribution in [3.05, 3.63) is 155 Å². The highest BCUT2D eigenvalue weighted by atomic mass is 35.5. The van der Waals surface area contributed by atoms with Gasteiger partial charge in [-0.15, -0.1) is 0 Å². The first kappa shape index (κ1) is 37.1. The van der Waals surface area contributed by atoms with Crippen molar-refractivity contribution in [2.45, 2.75) is 57.1 Å². The summed E-state index contributed by atoms with van der Waals surface area (Å²) in [5.41, 5.74) is 2.70. The van der Waals surface area contributed by atoms with E-state index in [2.05, 4.69) is 5.32 Å². The first-order valence-corrected chi connectivity index (χ1v) is 18.7. The van der Waals surface area contributed by atoms with Crippen LogP contribution in [0.5, 0.6) is 11.5 Å². The molecular formula is C41H42ClN3O5S. The monoisotopic (exact) mass is 723 g/mol. The van der Waals surface area contributed by atoms with Crippen LogP contribution in [0.1, 0.15) is 37.0 Å². The van der Waals surface area contributed by atoms with Crippen molar-refractivity contribution in [3.63, 3.8) is 0 Å². The van der Waals surface area contributed by atoms with E-state index in [1.165, 1.54) is 17.0 Å². The summed E-state index contributed by atoms with van der Waals surface area (Å²) in [6, 6.07) is 37.6. The summed E-state index contributed by atoms with van der Waals surface area (Å²) < 4.78 is 35.8. The number of para-hydroxylation sites is 1. The number of amides is 2. The highest BCUT2D eigenvalue weighted by Crippen LogP contribution is 2.29. The van der Waals surface area contributed by atoms with Gasteiger partial charge in [-0.2, -0.15) is 0 Å². The number of anilines is 1. The number of nitrogens with zero attached hydrogens (tertiary/aromatic N) is 2. The summed E-state index contributed by atoms with van der Waals surface area (Å²) in [6.45, 7) is 5.19. The van der Waals surface area contributed by atoms with E-state index in [-0.39, 0.29) is 35.5 Å². The lowest BCUT2D eigenvalue weighted by atomic mass is 10.0. The largest absolute Gasteiger partial charge is 0.457 e. The Labute approximate surface area is 305 Å². The molecule has 0 aliphatic heterocycles. The molecule has 2 amide bonds. The van der Waals surface area contributed by atoms with Crippen LogP contribution in [0.15, 0.2) is 138 Å². The Morgan fingerprint density at radius 2 is 1.39 bits per heavy atom. The van der Waals surface area contributed by atoms with Gasteiger partial charge in [0.15, 0.2) is 0 Å². The standard InChI is InChI=1S/C41H42ClN3O5S/c1-4-31(3)43-41(47)39(27-32-12-7-5-8-13-32)44(28-33-14-11-15-34(42)26-33)40(46)29-45(51(48,49)38-24-18-30(2)19-25-38)35-20-22-37(23-21-35)50-36-16-9-6-10-17-36/h5-26,31,39H,4,27-29H2,1-3H3,(H,43,47)/t31-,39+/m0/s1. The number of nitrogens with one attached hydrogen (secondary N) is 1. The predicted octanol–water partition coefficient (Wildman–Crippen LogP) is 8.19. The van der Waals surface area contributed by atoms with Crippen LogP contribution in [-0.4, -0.2) is 43.8 Å². The fourth-order valence-corrected chi connectivity index (χ4v) is 7.13. The molecule has 2 atom stereocenters. The Balaban J connectivity index is 1.56. The maximum Gasteiger partial charge on any atom is 0.264 e. The number of ether oxygens (including phenoxy) is 1. The molecule has 0 aliphatic carbocycles. The number of benzene rings is 5. The third kappa shape index (κ3) is 9.99. The highest BCUT2D eigenvalue weighted by molar-refractivity contribution is 7.92. The van der Waals surface area contributed by atoms with Crippen LogP contribution in [-0.2, 0) is 32.6 Å². The van der Waals surface area contributed by atoms with Crippen LogP contribution in [0.25, 0.3) is 0 Å². The van der Waals surface area contributed by atoms with E-state index in [0.29, 0.717) is 28.5 Å². The molecule has 0 bridgehead atoms. The van der Waals surface area contributed by atoms with Crippen LogP contribution in [0.3, 0.4) is 0 Å². The van der Waals surface area contributed by atoms with Gasteiger partial charge in [-0.1, -0.05) is 96.9 Å². The van der Waals surface area contributed by atoms with Crippen molar-refractivity contribution in [2.24, 2.45) is 0 Å². The third-order valence-corrected chi connectivity index (χ3v) is 10.5. The van der Waals surface area contributed by atoms with E-state index in [4.69, 9.17) is 16.3 Å². The van der Waals surface area contributed by atoms with Gasteiger partial charge in [-0.05, 0) is 92.1 Å². The topological polar surface area (TPSA) is 96.0 Å². The molecule has 10 heteroatoms. The van der Waals surface area contributed by atoms with Crippen molar-refractivity contribution in [1.29, 1.82) is 0 Å². The number of aryl methyl sites for hydroxylation is 1. The molecule has 8 nitrogen and oxygen atoms in total. The lowest BCUT2D eigenvalue weighted by molar-refractivity contribution is -0.140. The van der Waals surface area contributed by atoms with Gasteiger partial charge in [0.1, 0.15) is 24.1 Å². The zero-order valence-electron chi connectivity index (χ0n) is 28.9. The Hall–Kier alpha value is -5.12. The SMILES string of the molecule is CC[C@H](C)NC(=O)[C@@H](Cc1ccccc1)N(Cc1cccc(Cl)c1)C(=O)CN(c1ccc(Oc2ccccc2)cc1)S(=O)(=O)c1ccc(C)cc1. The molecule has 264 valence electrons. The van der Waals surface area contributed by atoms with E-state index in [1.807, 2.05) is 87.5 Å². The normalized spacial score (nSPS) is 12.4. The van der Waals surface area contributed by atoms with E-state index in [0.717, 1.165) is 15.4 Å². The summed E-state index contributed by atoms with van der Waals surface area (Å²) in [4.78, 5) is 30.3. The van der Waals surface area contributed by atoms with Gasteiger partial charge in [0.25, 0.3) is 10.0 Å². The van der Waals surface area contributed by atoms with E-state index >= 15 is 0 Å². The first-order chi connectivity index (χ1) is 24.5. The molecule has 5 aromatic carbocycles. The quantitative estimate of drug-likeness (QED) is 0.118. The lowest BCUT2D eigenvalue weighted by Gasteiger charge is -2.34. The number of hydrogen-bond acceptors (Lipinski definition) is 5. The molecule has 0 saturated carbocycles. The molecule has 0 heterocycles. The van der Waals surface area contributed by atoms with Crippen LogP contribution in [0, 0.1) is 6.92 Å². The van der Waals surface area contributed by atoms with Gasteiger partial charge in [0, 0.05) is 24.0 Å². The minimum atomic E-state index is -4.26. The molecule has 5 aromatic rings. The fraction of sp³-hybridized carbons (Fsp3) is 0.220. The molecule has 0 saturated heterocycles. The zero-order chi connectivity index (χ0) is 36.4. The molecule has 1 N–H and O–H groups in total. The van der Waals surface area contributed by atoms with Gasteiger partial charge in [-0.3, -0.25) is 13.9 Å². The molecular weight excluding hydrogens is 682 g/mol. The van der Waals surface area contributed by atoms with Crippen LogP contribution >= 0.6 is 11.6 Å². The van der Waals surface area contributed by atoms with Gasteiger partial charge in [0.05, 0.1) is 10.6 Å². The Morgan fingerprint density at radius 1 is 0.784 bits per heavy atom. The summed E-state index contributed by atoms with van der Waals surface area (Å²) in [5, 5.41) is 3.53. The second-order valence-corrected chi connectivity index (χ2v) is 14.7. The molecule has 0 unspecified atom stereocenters. The minimum Gasteiger partial charge on any atom is -0.457 e. The number of carbonyl (C=O) groups excluding carboxylic acids is 2. The molecule has 0 spiro atoms. The molecule has 0 fully saturated rings.